The second-order valence-electron chi connectivity index (χ2n) is 4.19. The standard InChI is InChI=1S/C12H14N4O3S/c13-7-9-1-3-10(4-2-9)8-20(18,19)16-11-5-6-12(17)15-14-11/h1-6H,7-8,13H2,(H,14,16)(H,15,17). The van der Waals surface area contributed by atoms with Crippen molar-refractivity contribution < 1.29 is 8.42 Å². The highest BCUT2D eigenvalue weighted by Crippen LogP contribution is 2.10. The Morgan fingerprint density at radius 3 is 2.30 bits per heavy atom. The monoisotopic (exact) mass is 294 g/mol. The minimum atomic E-state index is -3.59. The van der Waals surface area contributed by atoms with Crippen LogP contribution in [-0.2, 0) is 22.3 Å². The number of aromatic amines is 1. The molecule has 0 bridgehead atoms. The van der Waals surface area contributed by atoms with Gasteiger partial charge in [0.25, 0.3) is 5.56 Å². The van der Waals surface area contributed by atoms with Crippen molar-refractivity contribution in [2.45, 2.75) is 12.3 Å². The third-order valence-electron chi connectivity index (χ3n) is 2.55. The second-order valence-corrected chi connectivity index (χ2v) is 5.91. The lowest BCUT2D eigenvalue weighted by atomic mass is 10.1. The highest BCUT2D eigenvalue weighted by Gasteiger charge is 2.12. The molecule has 0 saturated heterocycles. The van der Waals surface area contributed by atoms with Gasteiger partial charge in [-0.15, -0.1) is 0 Å². The van der Waals surface area contributed by atoms with Crippen molar-refractivity contribution in [3.05, 3.63) is 57.9 Å². The van der Waals surface area contributed by atoms with Crippen LogP contribution in [0.25, 0.3) is 0 Å². The maximum atomic E-state index is 11.9. The van der Waals surface area contributed by atoms with Crippen LogP contribution in [0, 0.1) is 0 Å². The fraction of sp³-hybridized carbons (Fsp3) is 0.167. The first-order valence-corrected chi connectivity index (χ1v) is 7.48. The first-order chi connectivity index (χ1) is 9.48. The molecule has 0 saturated carbocycles. The van der Waals surface area contributed by atoms with E-state index in [0.717, 1.165) is 5.56 Å². The maximum absolute atomic E-state index is 11.9. The van der Waals surface area contributed by atoms with E-state index in [-0.39, 0.29) is 11.6 Å². The van der Waals surface area contributed by atoms with Crippen molar-refractivity contribution in [2.75, 3.05) is 4.72 Å². The highest BCUT2D eigenvalue weighted by molar-refractivity contribution is 7.91. The summed E-state index contributed by atoms with van der Waals surface area (Å²) in [6.45, 7) is 0.409. The molecule has 8 heteroatoms. The Hall–Kier alpha value is -2.19. The van der Waals surface area contributed by atoms with E-state index in [4.69, 9.17) is 5.73 Å². The van der Waals surface area contributed by atoms with Gasteiger partial charge in [0.2, 0.25) is 10.0 Å². The zero-order valence-electron chi connectivity index (χ0n) is 10.5. The smallest absolute Gasteiger partial charge is 0.264 e. The lowest BCUT2D eigenvalue weighted by molar-refractivity contribution is 0.600. The lowest BCUT2D eigenvalue weighted by Gasteiger charge is -2.07. The number of hydrogen-bond acceptors (Lipinski definition) is 5. The van der Waals surface area contributed by atoms with Gasteiger partial charge in [-0.1, -0.05) is 24.3 Å². The van der Waals surface area contributed by atoms with Crippen LogP contribution in [0.4, 0.5) is 5.82 Å². The van der Waals surface area contributed by atoms with Crippen LogP contribution >= 0.6 is 0 Å². The van der Waals surface area contributed by atoms with E-state index in [2.05, 4.69) is 14.9 Å². The number of aromatic nitrogens is 2. The fourth-order valence-electron chi connectivity index (χ4n) is 1.59. The van der Waals surface area contributed by atoms with E-state index in [0.29, 0.717) is 12.1 Å². The van der Waals surface area contributed by atoms with Crippen LogP contribution in [0.1, 0.15) is 11.1 Å². The van der Waals surface area contributed by atoms with Crippen molar-refractivity contribution in [2.24, 2.45) is 5.73 Å². The number of H-pyrrole nitrogens is 1. The lowest BCUT2D eigenvalue weighted by Crippen LogP contribution is -2.18. The molecule has 7 nitrogen and oxygen atoms in total. The number of rotatable bonds is 5. The zero-order valence-corrected chi connectivity index (χ0v) is 11.4. The van der Waals surface area contributed by atoms with Crippen molar-refractivity contribution in [3.63, 3.8) is 0 Å². The van der Waals surface area contributed by atoms with E-state index in [9.17, 15) is 13.2 Å². The molecule has 2 rings (SSSR count). The predicted molar refractivity (Wildman–Crippen MR) is 75.4 cm³/mol. The Morgan fingerprint density at radius 1 is 1.10 bits per heavy atom. The summed E-state index contributed by atoms with van der Waals surface area (Å²) in [6, 6.07) is 9.48. The molecule has 0 atom stereocenters. The van der Waals surface area contributed by atoms with Gasteiger partial charge in [-0.25, -0.2) is 13.5 Å². The first-order valence-electron chi connectivity index (χ1n) is 5.82. The van der Waals surface area contributed by atoms with Crippen LogP contribution in [0.15, 0.2) is 41.2 Å². The van der Waals surface area contributed by atoms with Crippen molar-refractivity contribution in [1.82, 2.24) is 10.2 Å². The number of anilines is 1. The maximum Gasteiger partial charge on any atom is 0.264 e. The van der Waals surface area contributed by atoms with Gasteiger partial charge >= 0.3 is 0 Å². The van der Waals surface area contributed by atoms with Crippen LogP contribution in [0.5, 0.6) is 0 Å². The SMILES string of the molecule is NCc1ccc(CS(=O)(=O)Nc2ccc(=O)[nH]n2)cc1. The molecule has 106 valence electrons. The topological polar surface area (TPSA) is 118 Å². The highest BCUT2D eigenvalue weighted by atomic mass is 32.2. The third kappa shape index (κ3) is 3.90. The Labute approximate surface area is 115 Å². The average Bonchev–Trinajstić information content (AvgIpc) is 2.41. The Balaban J connectivity index is 2.10. The summed E-state index contributed by atoms with van der Waals surface area (Å²) in [5.74, 6) is -0.109. The average molecular weight is 294 g/mol. The Kier molecular flexibility index (Phi) is 4.16. The fourth-order valence-corrected chi connectivity index (χ4v) is 2.72. The minimum absolute atomic E-state index is 0.0724. The molecule has 20 heavy (non-hydrogen) atoms. The molecule has 0 unspecified atom stereocenters. The molecule has 0 aliphatic rings. The van der Waals surface area contributed by atoms with Crippen molar-refractivity contribution in [1.29, 1.82) is 0 Å². The molecular weight excluding hydrogens is 280 g/mol. The Bertz CT molecular complexity index is 718. The molecule has 0 aliphatic carbocycles. The number of sulfonamides is 1. The summed E-state index contributed by atoms with van der Waals surface area (Å²) in [4.78, 5) is 10.8. The Morgan fingerprint density at radius 2 is 1.75 bits per heavy atom. The summed E-state index contributed by atoms with van der Waals surface area (Å²) < 4.78 is 26.2. The summed E-state index contributed by atoms with van der Waals surface area (Å²) >= 11 is 0. The summed E-state index contributed by atoms with van der Waals surface area (Å²) in [6.07, 6.45) is 0. The molecule has 1 heterocycles. The van der Waals surface area contributed by atoms with Crippen LogP contribution < -0.4 is 16.0 Å². The molecule has 1 aromatic heterocycles. The van der Waals surface area contributed by atoms with Crippen LogP contribution in [0.3, 0.4) is 0 Å². The van der Waals surface area contributed by atoms with Crippen LogP contribution in [-0.4, -0.2) is 18.6 Å². The number of nitrogens with zero attached hydrogens (tertiary/aromatic N) is 1. The van der Waals surface area contributed by atoms with E-state index in [1.54, 1.807) is 24.3 Å². The van der Waals surface area contributed by atoms with E-state index in [1.165, 1.54) is 12.1 Å². The summed E-state index contributed by atoms with van der Waals surface area (Å²) in [7, 11) is -3.59. The molecule has 0 amide bonds. The predicted octanol–water partition coefficient (Wildman–Crippen LogP) is 0.170. The quantitative estimate of drug-likeness (QED) is 0.726. The summed E-state index contributed by atoms with van der Waals surface area (Å²) in [5, 5.41) is 5.74. The van der Waals surface area contributed by atoms with E-state index in [1.807, 2.05) is 0 Å². The molecule has 0 aliphatic heterocycles. The second kappa shape index (κ2) is 5.85. The minimum Gasteiger partial charge on any atom is -0.326 e. The first kappa shape index (κ1) is 14.2. The van der Waals surface area contributed by atoms with Crippen molar-refractivity contribution >= 4 is 15.8 Å². The molecule has 4 N–H and O–H groups in total. The van der Waals surface area contributed by atoms with E-state index >= 15 is 0 Å². The third-order valence-corrected chi connectivity index (χ3v) is 3.79. The normalized spacial score (nSPS) is 11.2. The number of nitrogens with two attached hydrogens (primary N) is 1. The van der Waals surface area contributed by atoms with Gasteiger partial charge in [-0.2, -0.15) is 5.10 Å². The molecule has 0 radical (unpaired) electrons. The number of nitrogens with one attached hydrogen (secondary N) is 2. The molecule has 0 fully saturated rings. The van der Waals surface area contributed by atoms with Crippen LogP contribution in [0.2, 0.25) is 0 Å². The summed E-state index contributed by atoms with van der Waals surface area (Å²) in [5.41, 5.74) is 6.65. The zero-order chi connectivity index (χ0) is 14.6. The number of benzene rings is 1. The van der Waals surface area contributed by atoms with E-state index < -0.39 is 15.6 Å². The van der Waals surface area contributed by atoms with Crippen molar-refractivity contribution in [3.8, 4) is 0 Å². The van der Waals surface area contributed by atoms with Gasteiger partial charge in [-0.05, 0) is 17.2 Å². The largest absolute Gasteiger partial charge is 0.326 e. The molecule has 2 aromatic rings. The molecule has 0 spiro atoms. The molecular formula is C12H14N4O3S. The van der Waals surface area contributed by atoms with Gasteiger partial charge in [0.05, 0.1) is 5.75 Å². The molecule has 1 aromatic carbocycles. The van der Waals surface area contributed by atoms with Gasteiger partial charge < -0.3 is 5.73 Å². The van der Waals surface area contributed by atoms with Gasteiger partial charge in [-0.3, -0.25) is 9.52 Å². The van der Waals surface area contributed by atoms with Gasteiger partial charge in [0.15, 0.2) is 5.82 Å². The number of hydrogen-bond donors (Lipinski definition) is 3. The van der Waals surface area contributed by atoms with Gasteiger partial charge in [0, 0.05) is 12.6 Å². The van der Waals surface area contributed by atoms with Gasteiger partial charge in [0.1, 0.15) is 0 Å².